The van der Waals surface area contributed by atoms with E-state index in [2.05, 4.69) is 30.9 Å². The number of carbonyl (C=O) groups excluding carboxylic acids is 2. The molecule has 2 fully saturated rings. The van der Waals surface area contributed by atoms with Crippen molar-refractivity contribution >= 4 is 56.8 Å². The first-order chi connectivity index (χ1) is 27.7. The Labute approximate surface area is 345 Å². The molecule has 16 nitrogen and oxygen atoms in total. The second-order valence-corrected chi connectivity index (χ2v) is 17.4. The van der Waals surface area contributed by atoms with Crippen molar-refractivity contribution in [3.63, 3.8) is 0 Å². The summed E-state index contributed by atoms with van der Waals surface area (Å²) in [6.45, 7) is 11.9. The van der Waals surface area contributed by atoms with Gasteiger partial charge in [-0.3, -0.25) is 19.6 Å². The van der Waals surface area contributed by atoms with Crippen LogP contribution in [-0.4, -0.2) is 79.5 Å². The summed E-state index contributed by atoms with van der Waals surface area (Å²) in [5.74, 6) is 3.17. The number of nitrogens with one attached hydrogen (secondary N) is 2. The van der Waals surface area contributed by atoms with Crippen LogP contribution in [0.3, 0.4) is 0 Å². The molecule has 6 rings (SSSR count). The number of hydrogen-bond acceptors (Lipinski definition) is 16. The van der Waals surface area contributed by atoms with Crippen LogP contribution in [0.15, 0.2) is 63.0 Å². The van der Waals surface area contributed by atoms with Crippen LogP contribution in [0.4, 0.5) is 0 Å². The van der Waals surface area contributed by atoms with Crippen LogP contribution in [0, 0.1) is 11.8 Å². The van der Waals surface area contributed by atoms with Crippen LogP contribution in [0.1, 0.15) is 117 Å². The topological polar surface area (TPSA) is 227 Å². The monoisotopic (exact) mass is 842 g/mol. The van der Waals surface area contributed by atoms with E-state index in [4.69, 9.17) is 28.7 Å². The Hall–Kier alpha value is -4.58. The van der Waals surface area contributed by atoms with Crippen molar-refractivity contribution < 1.29 is 38.3 Å². The van der Waals surface area contributed by atoms with Gasteiger partial charge in [-0.15, -0.1) is 23.5 Å². The van der Waals surface area contributed by atoms with E-state index in [1.54, 1.807) is 39.8 Å². The average Bonchev–Trinajstić information content (AvgIpc) is 4.14. The van der Waals surface area contributed by atoms with Crippen molar-refractivity contribution in [2.75, 3.05) is 24.7 Å². The number of hydrogen-bond donors (Lipinski definition) is 4. The smallest absolute Gasteiger partial charge is 0.339 e. The normalized spacial score (nSPS) is 22.9. The second-order valence-electron chi connectivity index (χ2n) is 15.5. The van der Waals surface area contributed by atoms with E-state index in [1.165, 1.54) is 35.7 Å². The van der Waals surface area contributed by atoms with Gasteiger partial charge in [-0.2, -0.15) is 0 Å². The van der Waals surface area contributed by atoms with E-state index in [9.17, 15) is 19.2 Å². The number of rotatable bonds is 18. The molecule has 4 heterocycles. The van der Waals surface area contributed by atoms with Crippen LogP contribution in [-0.2, 0) is 9.59 Å². The molecule has 2 amide bonds. The minimum absolute atomic E-state index is 0.267. The number of ether oxygens (including phenoxy) is 2. The lowest BCUT2D eigenvalue weighted by Gasteiger charge is -2.24. The molecule has 18 heteroatoms. The zero-order chi connectivity index (χ0) is 42.0. The summed E-state index contributed by atoms with van der Waals surface area (Å²) in [7, 11) is 0. The first kappa shape index (κ1) is 44.5. The highest BCUT2D eigenvalue weighted by Gasteiger charge is 2.41. The standard InChI is InChI=1S/2C20H27N3O5S/c2*1-4-5-15(16-8-14(9-17(24)28-16)27-10-13-6-7-13)21-19(25)20(3)11-29-18(22-20)12(2)23-26/h2*8-9,13,15,26H,4-7,10-11H2,1-3H3,(H,21,25)/b23-12+;23-12-/t2*15-,20+/m11/s1. The molecule has 4 aliphatic rings. The fourth-order valence-electron chi connectivity index (χ4n) is 5.91. The van der Waals surface area contributed by atoms with E-state index in [0.717, 1.165) is 38.5 Å². The van der Waals surface area contributed by atoms with Crippen molar-refractivity contribution in [3.8, 4) is 11.5 Å². The third-order valence-corrected chi connectivity index (χ3v) is 12.7. The minimum Gasteiger partial charge on any atom is -0.493 e. The molecule has 2 aromatic heterocycles. The van der Waals surface area contributed by atoms with Crippen LogP contribution >= 0.6 is 23.5 Å². The average molecular weight is 843 g/mol. The summed E-state index contributed by atoms with van der Waals surface area (Å²) in [6, 6.07) is 5.12. The molecular weight excluding hydrogens is 789 g/mol. The summed E-state index contributed by atoms with van der Waals surface area (Å²) < 4.78 is 22.2. The lowest BCUT2D eigenvalue weighted by molar-refractivity contribution is -0.126. The van der Waals surface area contributed by atoms with Crippen molar-refractivity contribution in [2.24, 2.45) is 32.1 Å². The van der Waals surface area contributed by atoms with Crippen LogP contribution in [0.2, 0.25) is 0 Å². The van der Waals surface area contributed by atoms with Crippen molar-refractivity contribution in [2.45, 2.75) is 116 Å². The SMILES string of the molecule is CCC[C@@H](NC(=O)[C@]1(C)CSC(/C(C)=N/O)=N1)c1cc(OCC2CC2)cc(=O)o1.CCC[C@@H](NC(=O)[C@]1(C)CSC(/C(C)=N\O)=N1)c1cc(OCC2CC2)cc(=O)o1. The molecule has 4 N–H and O–H groups in total. The van der Waals surface area contributed by atoms with Gasteiger partial charge in [-0.25, -0.2) is 9.59 Å². The highest BCUT2D eigenvalue weighted by atomic mass is 32.2. The minimum atomic E-state index is -0.988. The van der Waals surface area contributed by atoms with Gasteiger partial charge >= 0.3 is 11.3 Å². The molecule has 0 spiro atoms. The Kier molecular flexibility index (Phi) is 15.3. The van der Waals surface area contributed by atoms with E-state index in [1.807, 2.05) is 13.8 Å². The Morgan fingerprint density at radius 1 is 0.759 bits per heavy atom. The molecule has 2 aliphatic heterocycles. The molecule has 0 unspecified atom stereocenters. The Bertz CT molecular complexity index is 1900. The zero-order valence-corrected chi connectivity index (χ0v) is 35.5. The molecule has 2 saturated carbocycles. The van der Waals surface area contributed by atoms with Gasteiger partial charge in [0.25, 0.3) is 0 Å². The lowest BCUT2D eigenvalue weighted by Crippen LogP contribution is -2.45. The van der Waals surface area contributed by atoms with Gasteiger partial charge in [0.1, 0.15) is 55.6 Å². The number of aliphatic imine (C=N–C) groups is 2. The van der Waals surface area contributed by atoms with Gasteiger partial charge in [0.05, 0.1) is 37.4 Å². The van der Waals surface area contributed by atoms with Gasteiger partial charge < -0.3 is 39.4 Å². The number of amides is 2. The maximum Gasteiger partial charge on any atom is 0.339 e. The van der Waals surface area contributed by atoms with Crippen LogP contribution < -0.4 is 31.4 Å². The van der Waals surface area contributed by atoms with Gasteiger partial charge in [-0.05, 0) is 78.1 Å². The summed E-state index contributed by atoms with van der Waals surface area (Å²) >= 11 is 2.74. The molecule has 0 radical (unpaired) electrons. The molecule has 2 aliphatic carbocycles. The number of thioether (sulfide) groups is 2. The summed E-state index contributed by atoms with van der Waals surface area (Å²) in [6.07, 6.45) is 7.42. The van der Waals surface area contributed by atoms with E-state index < -0.39 is 34.4 Å². The maximum absolute atomic E-state index is 13.0. The molecule has 58 heavy (non-hydrogen) atoms. The Morgan fingerprint density at radius 3 is 1.47 bits per heavy atom. The first-order valence-electron chi connectivity index (χ1n) is 19.7. The predicted octanol–water partition coefficient (Wildman–Crippen LogP) is 6.28. The Balaban J connectivity index is 0.000000221. The lowest BCUT2D eigenvalue weighted by atomic mass is 10.0. The van der Waals surface area contributed by atoms with E-state index in [0.29, 0.717) is 93.9 Å². The second kappa shape index (κ2) is 19.9. The molecule has 4 atom stereocenters. The highest BCUT2D eigenvalue weighted by molar-refractivity contribution is 8.16. The maximum atomic E-state index is 13.0. The fraction of sp³-hybridized carbons (Fsp3) is 0.600. The van der Waals surface area contributed by atoms with E-state index in [-0.39, 0.29) is 11.8 Å². The fourth-order valence-corrected chi connectivity index (χ4v) is 8.17. The van der Waals surface area contributed by atoms with Crippen LogP contribution in [0.25, 0.3) is 0 Å². The zero-order valence-electron chi connectivity index (χ0n) is 33.9. The van der Waals surface area contributed by atoms with Gasteiger partial charge in [-0.1, -0.05) is 37.0 Å². The van der Waals surface area contributed by atoms with Crippen LogP contribution in [0.5, 0.6) is 11.5 Å². The molecule has 0 aromatic carbocycles. The van der Waals surface area contributed by atoms with E-state index >= 15 is 0 Å². The number of nitrogens with zero attached hydrogens (tertiary/aromatic N) is 4. The molecule has 0 saturated heterocycles. The highest BCUT2D eigenvalue weighted by Crippen LogP contribution is 2.34. The number of carbonyl (C=O) groups is 2. The summed E-state index contributed by atoms with van der Waals surface area (Å²) in [5.41, 5.74) is -2.22. The molecule has 316 valence electrons. The van der Waals surface area contributed by atoms with Crippen molar-refractivity contribution in [1.29, 1.82) is 0 Å². The summed E-state index contributed by atoms with van der Waals surface area (Å²) in [5, 5.41) is 31.2. The molecule has 0 bridgehead atoms. The number of oxime groups is 2. The van der Waals surface area contributed by atoms with Crippen molar-refractivity contribution in [1.82, 2.24) is 10.6 Å². The van der Waals surface area contributed by atoms with Gasteiger partial charge in [0.15, 0.2) is 0 Å². The van der Waals surface area contributed by atoms with Gasteiger partial charge in [0.2, 0.25) is 11.8 Å². The third kappa shape index (κ3) is 12.2. The third-order valence-electron chi connectivity index (χ3n) is 9.92. The largest absolute Gasteiger partial charge is 0.493 e. The molecular formula is C40H54N6O10S2. The van der Waals surface area contributed by atoms with Gasteiger partial charge in [0, 0.05) is 23.6 Å². The summed E-state index contributed by atoms with van der Waals surface area (Å²) in [4.78, 5) is 58.9. The quantitative estimate of drug-likeness (QED) is 0.0739. The predicted molar refractivity (Wildman–Crippen MR) is 224 cm³/mol. The first-order valence-corrected chi connectivity index (χ1v) is 21.7. The van der Waals surface area contributed by atoms with Crippen molar-refractivity contribution in [3.05, 3.63) is 56.6 Å². The molecule has 2 aromatic rings. The Morgan fingerprint density at radius 2 is 1.14 bits per heavy atom.